The van der Waals surface area contributed by atoms with Crippen LogP contribution in [0.3, 0.4) is 0 Å². The van der Waals surface area contributed by atoms with E-state index in [4.69, 9.17) is 0 Å². The van der Waals surface area contributed by atoms with Crippen LogP contribution in [0.5, 0.6) is 0 Å². The van der Waals surface area contributed by atoms with Gasteiger partial charge in [-0.1, -0.05) is 13.8 Å². The zero-order chi connectivity index (χ0) is 9.40. The molecule has 0 aliphatic heterocycles. The first-order chi connectivity index (χ1) is 5.74. The fourth-order valence-electron chi connectivity index (χ4n) is 1.26. The second-order valence-electron chi connectivity index (χ2n) is 3.41. The van der Waals surface area contributed by atoms with Crippen LogP contribution in [0.4, 0.5) is 0 Å². The zero-order valence-electron chi connectivity index (χ0n) is 9.06. The van der Waals surface area contributed by atoms with Gasteiger partial charge in [0.1, 0.15) is 0 Å². The fourth-order valence-corrected chi connectivity index (χ4v) is 1.26. The Morgan fingerprint density at radius 2 is 1.92 bits per heavy atom. The molecule has 0 aromatic heterocycles. The first kappa shape index (κ1) is 11.9. The molecule has 1 unspecified atom stereocenters. The Morgan fingerprint density at radius 3 is 2.33 bits per heavy atom. The molecular weight excluding hydrogens is 148 g/mol. The molecule has 12 heavy (non-hydrogen) atoms. The lowest BCUT2D eigenvalue weighted by Crippen LogP contribution is -2.31. The molecule has 2 nitrogen and oxygen atoms in total. The van der Waals surface area contributed by atoms with Crippen molar-refractivity contribution in [1.82, 2.24) is 10.2 Å². The zero-order valence-corrected chi connectivity index (χ0v) is 9.06. The van der Waals surface area contributed by atoms with E-state index < -0.39 is 0 Å². The largest absolute Gasteiger partial charge is 0.317 e. The summed E-state index contributed by atoms with van der Waals surface area (Å²) in [5.74, 6) is 0. The van der Waals surface area contributed by atoms with Gasteiger partial charge in [0.25, 0.3) is 0 Å². The van der Waals surface area contributed by atoms with Gasteiger partial charge in [-0.3, -0.25) is 0 Å². The Labute approximate surface area is 77.3 Å². The smallest absolute Gasteiger partial charge is 0.00479 e. The summed E-state index contributed by atoms with van der Waals surface area (Å²) in [6.45, 7) is 10.4. The van der Waals surface area contributed by atoms with Gasteiger partial charge in [0.2, 0.25) is 0 Å². The molecule has 0 heterocycles. The Morgan fingerprint density at radius 1 is 1.25 bits per heavy atom. The molecule has 0 saturated carbocycles. The Bertz CT molecular complexity index is 93.8. The van der Waals surface area contributed by atoms with Gasteiger partial charge in [-0.2, -0.15) is 0 Å². The summed E-state index contributed by atoms with van der Waals surface area (Å²) in [7, 11) is 2.03. The molecule has 0 spiro atoms. The van der Waals surface area contributed by atoms with Crippen LogP contribution in [-0.4, -0.2) is 37.6 Å². The first-order valence-corrected chi connectivity index (χ1v) is 5.14. The highest BCUT2D eigenvalue weighted by Crippen LogP contribution is 1.96. The highest BCUT2D eigenvalue weighted by atomic mass is 15.1. The molecule has 74 valence electrons. The number of nitrogens with zero attached hydrogens (tertiary/aromatic N) is 1. The predicted octanol–water partition coefficient (Wildman–Crippen LogP) is 1.72. The maximum Gasteiger partial charge on any atom is 0.00479 e. The molecular formula is C10H24N2. The van der Waals surface area contributed by atoms with E-state index in [1.165, 1.54) is 32.5 Å². The van der Waals surface area contributed by atoms with Crippen molar-refractivity contribution in [1.29, 1.82) is 0 Å². The highest BCUT2D eigenvalue weighted by Gasteiger charge is 2.03. The molecule has 0 aliphatic rings. The molecule has 0 amide bonds. The Hall–Kier alpha value is -0.0800. The number of hydrogen-bond donors (Lipinski definition) is 1. The third kappa shape index (κ3) is 5.56. The van der Waals surface area contributed by atoms with Gasteiger partial charge in [-0.05, 0) is 46.4 Å². The van der Waals surface area contributed by atoms with Crippen LogP contribution in [-0.2, 0) is 0 Å². The van der Waals surface area contributed by atoms with E-state index in [1.54, 1.807) is 0 Å². The van der Waals surface area contributed by atoms with Gasteiger partial charge in [0.05, 0.1) is 0 Å². The number of hydrogen-bond acceptors (Lipinski definition) is 2. The molecule has 0 aromatic rings. The highest BCUT2D eigenvalue weighted by molar-refractivity contribution is 4.61. The minimum atomic E-state index is 0.649. The standard InChI is InChI=1S/C10H24N2/c1-5-8-12(6-2)9-7-10(3)11-4/h10-11H,5-9H2,1-4H3. The van der Waals surface area contributed by atoms with E-state index in [-0.39, 0.29) is 0 Å². The second-order valence-corrected chi connectivity index (χ2v) is 3.41. The Balaban J connectivity index is 3.43. The van der Waals surface area contributed by atoms with Gasteiger partial charge in [0, 0.05) is 6.04 Å². The van der Waals surface area contributed by atoms with E-state index in [0.717, 1.165) is 0 Å². The molecule has 0 fully saturated rings. The van der Waals surface area contributed by atoms with Crippen LogP contribution in [0.1, 0.15) is 33.6 Å². The summed E-state index contributed by atoms with van der Waals surface area (Å²) in [4.78, 5) is 2.51. The minimum absolute atomic E-state index is 0.649. The molecule has 0 aromatic carbocycles. The predicted molar refractivity (Wildman–Crippen MR) is 55.5 cm³/mol. The molecule has 2 heteroatoms. The van der Waals surface area contributed by atoms with E-state index in [0.29, 0.717) is 6.04 Å². The van der Waals surface area contributed by atoms with Crippen LogP contribution in [0.25, 0.3) is 0 Å². The molecule has 1 atom stereocenters. The summed E-state index contributed by atoms with van der Waals surface area (Å²) in [5, 5.41) is 3.26. The minimum Gasteiger partial charge on any atom is -0.317 e. The maximum atomic E-state index is 3.26. The number of nitrogens with one attached hydrogen (secondary N) is 1. The average Bonchev–Trinajstić information content (AvgIpc) is 2.11. The summed E-state index contributed by atoms with van der Waals surface area (Å²) in [6, 6.07) is 0.649. The average molecular weight is 172 g/mol. The Kier molecular flexibility index (Phi) is 7.51. The summed E-state index contributed by atoms with van der Waals surface area (Å²) >= 11 is 0. The van der Waals surface area contributed by atoms with E-state index in [9.17, 15) is 0 Å². The lowest BCUT2D eigenvalue weighted by Gasteiger charge is -2.21. The summed E-state index contributed by atoms with van der Waals surface area (Å²) in [6.07, 6.45) is 2.52. The maximum absolute atomic E-state index is 3.26. The van der Waals surface area contributed by atoms with Crippen molar-refractivity contribution in [3.8, 4) is 0 Å². The van der Waals surface area contributed by atoms with Crippen molar-refractivity contribution in [3.05, 3.63) is 0 Å². The first-order valence-electron chi connectivity index (χ1n) is 5.14. The van der Waals surface area contributed by atoms with Crippen LogP contribution in [0.15, 0.2) is 0 Å². The summed E-state index contributed by atoms with van der Waals surface area (Å²) < 4.78 is 0. The van der Waals surface area contributed by atoms with Crippen LogP contribution >= 0.6 is 0 Å². The van der Waals surface area contributed by atoms with Gasteiger partial charge in [-0.25, -0.2) is 0 Å². The normalized spacial score (nSPS) is 13.8. The molecule has 0 radical (unpaired) electrons. The third-order valence-corrected chi connectivity index (χ3v) is 2.36. The van der Waals surface area contributed by atoms with Crippen molar-refractivity contribution >= 4 is 0 Å². The van der Waals surface area contributed by atoms with E-state index in [1.807, 2.05) is 7.05 Å². The van der Waals surface area contributed by atoms with Crippen LogP contribution < -0.4 is 5.32 Å². The molecule has 0 saturated heterocycles. The molecule has 0 rings (SSSR count). The van der Waals surface area contributed by atoms with Crippen molar-refractivity contribution in [3.63, 3.8) is 0 Å². The van der Waals surface area contributed by atoms with Crippen molar-refractivity contribution in [2.75, 3.05) is 26.7 Å². The van der Waals surface area contributed by atoms with Crippen molar-refractivity contribution in [2.45, 2.75) is 39.7 Å². The molecule has 0 aliphatic carbocycles. The molecule has 0 bridgehead atoms. The lowest BCUT2D eigenvalue weighted by molar-refractivity contribution is 0.274. The lowest BCUT2D eigenvalue weighted by atomic mass is 10.2. The van der Waals surface area contributed by atoms with E-state index >= 15 is 0 Å². The topological polar surface area (TPSA) is 15.3 Å². The SMILES string of the molecule is CCCN(CC)CCC(C)NC. The van der Waals surface area contributed by atoms with Gasteiger partial charge >= 0.3 is 0 Å². The fraction of sp³-hybridized carbons (Fsp3) is 1.00. The second kappa shape index (κ2) is 7.56. The van der Waals surface area contributed by atoms with Gasteiger partial charge in [0.15, 0.2) is 0 Å². The van der Waals surface area contributed by atoms with Crippen molar-refractivity contribution < 1.29 is 0 Å². The monoisotopic (exact) mass is 172 g/mol. The van der Waals surface area contributed by atoms with Crippen LogP contribution in [0.2, 0.25) is 0 Å². The number of rotatable bonds is 7. The van der Waals surface area contributed by atoms with Crippen molar-refractivity contribution in [2.24, 2.45) is 0 Å². The van der Waals surface area contributed by atoms with Crippen LogP contribution in [0, 0.1) is 0 Å². The van der Waals surface area contributed by atoms with Gasteiger partial charge < -0.3 is 10.2 Å². The third-order valence-electron chi connectivity index (χ3n) is 2.36. The molecule has 1 N–H and O–H groups in total. The quantitative estimate of drug-likeness (QED) is 0.629. The van der Waals surface area contributed by atoms with E-state index in [2.05, 4.69) is 31.0 Å². The van der Waals surface area contributed by atoms with Gasteiger partial charge in [-0.15, -0.1) is 0 Å². The summed E-state index contributed by atoms with van der Waals surface area (Å²) in [5.41, 5.74) is 0.